The van der Waals surface area contributed by atoms with Crippen LogP contribution in [0.1, 0.15) is 252 Å². The predicted octanol–water partition coefficient (Wildman–Crippen LogP) is 17.9. The maximum absolute atomic E-state index is 12.8. The van der Waals surface area contributed by atoms with Crippen molar-refractivity contribution in [3.63, 3.8) is 0 Å². The summed E-state index contributed by atoms with van der Waals surface area (Å²) >= 11 is 0. The second-order valence-electron chi connectivity index (χ2n) is 17.4. The lowest BCUT2D eigenvalue weighted by molar-refractivity contribution is -0.163. The van der Waals surface area contributed by atoms with E-state index >= 15 is 0 Å². The van der Waals surface area contributed by atoms with E-state index in [9.17, 15) is 9.59 Å². The van der Waals surface area contributed by atoms with Crippen molar-refractivity contribution in [3.05, 3.63) is 72.9 Å². The van der Waals surface area contributed by atoms with Crippen LogP contribution in [-0.4, -0.2) is 37.9 Å². The number of rotatable bonds is 48. The number of unbranched alkanes of at least 4 members (excludes halogenated alkanes) is 25. The van der Waals surface area contributed by atoms with E-state index < -0.39 is 6.10 Å². The quantitative estimate of drug-likeness (QED) is 0.0346. The molecule has 0 radical (unpaired) electrons. The Hall–Kier alpha value is -2.66. The van der Waals surface area contributed by atoms with Crippen molar-refractivity contribution in [2.45, 2.75) is 258 Å². The summed E-state index contributed by atoms with van der Waals surface area (Å²) in [6.45, 7) is 7.64. The minimum absolute atomic E-state index is 0.0595. The zero-order valence-electron chi connectivity index (χ0n) is 41.1. The van der Waals surface area contributed by atoms with Gasteiger partial charge >= 0.3 is 11.9 Å². The highest BCUT2D eigenvalue weighted by atomic mass is 16.6. The van der Waals surface area contributed by atoms with Crippen molar-refractivity contribution < 1.29 is 23.8 Å². The lowest BCUT2D eigenvalue weighted by Crippen LogP contribution is -2.30. The highest BCUT2D eigenvalue weighted by molar-refractivity contribution is 5.70. The molecule has 5 heteroatoms. The summed E-state index contributed by atoms with van der Waals surface area (Å²) in [6.07, 6.45) is 67.7. The molecule has 5 nitrogen and oxygen atoms in total. The van der Waals surface area contributed by atoms with Gasteiger partial charge in [-0.25, -0.2) is 0 Å². The van der Waals surface area contributed by atoms with Crippen molar-refractivity contribution >= 4 is 11.9 Å². The van der Waals surface area contributed by atoms with Crippen LogP contribution in [0.2, 0.25) is 0 Å². The maximum Gasteiger partial charge on any atom is 0.306 e. The van der Waals surface area contributed by atoms with Crippen LogP contribution in [0.5, 0.6) is 0 Å². The molecule has 0 amide bonds. The van der Waals surface area contributed by atoms with E-state index in [-0.39, 0.29) is 25.2 Å². The fourth-order valence-electron chi connectivity index (χ4n) is 7.30. The van der Waals surface area contributed by atoms with E-state index in [1.165, 1.54) is 141 Å². The summed E-state index contributed by atoms with van der Waals surface area (Å²) in [5.41, 5.74) is 0. The standard InChI is InChI=1S/C57H100O5/c1-4-7-10-13-16-19-22-25-28-31-34-37-40-43-46-49-52-60-53-55(62-57(59)51-48-45-42-39-36-33-30-27-24-21-18-15-12-9-6-3)54-61-56(58)50-47-44-41-38-35-32-29-26-23-20-17-14-11-8-5-2/h8,11,16-17,19-20,25-26,28-29,35,38,55H,4-7,9-10,12-15,18,21-24,27,30-34,36-37,39-54H2,1-3H3/b11-8-,19-16-,20-17-,28-25-,29-26-,38-35-. The van der Waals surface area contributed by atoms with Gasteiger partial charge in [-0.2, -0.15) is 0 Å². The second-order valence-corrected chi connectivity index (χ2v) is 17.4. The molecule has 1 atom stereocenters. The molecule has 0 rings (SSSR count). The van der Waals surface area contributed by atoms with Crippen molar-refractivity contribution in [1.82, 2.24) is 0 Å². The zero-order valence-corrected chi connectivity index (χ0v) is 41.1. The molecule has 358 valence electrons. The van der Waals surface area contributed by atoms with Gasteiger partial charge in [0.15, 0.2) is 6.10 Å². The number of esters is 2. The molecule has 0 heterocycles. The molecule has 0 aliphatic carbocycles. The van der Waals surface area contributed by atoms with E-state index in [4.69, 9.17) is 14.2 Å². The first kappa shape index (κ1) is 59.3. The van der Waals surface area contributed by atoms with Gasteiger partial charge in [0, 0.05) is 19.4 Å². The Balaban J connectivity index is 4.34. The van der Waals surface area contributed by atoms with Crippen LogP contribution in [0.3, 0.4) is 0 Å². The SMILES string of the molecule is CC/C=C\C/C=C\C/C=C\C/C=C\CCCCC(=O)OCC(COCCCCCCCC/C=C\C/C=C\CCCCC)OC(=O)CCCCCCCCCCCCCCCCC. The van der Waals surface area contributed by atoms with E-state index in [1.54, 1.807) is 0 Å². The molecule has 0 saturated carbocycles. The number of carbonyl (C=O) groups excluding carboxylic acids is 2. The Kier molecular flexibility index (Phi) is 50.4. The molecular weight excluding hydrogens is 765 g/mol. The van der Waals surface area contributed by atoms with Crippen molar-refractivity contribution in [3.8, 4) is 0 Å². The molecule has 0 N–H and O–H groups in total. The molecule has 0 aromatic carbocycles. The number of ether oxygens (including phenoxy) is 3. The molecule has 0 fully saturated rings. The molecule has 0 spiro atoms. The van der Waals surface area contributed by atoms with Gasteiger partial charge in [-0.05, 0) is 89.9 Å². The number of hydrogen-bond donors (Lipinski definition) is 0. The van der Waals surface area contributed by atoms with Gasteiger partial charge in [-0.15, -0.1) is 0 Å². The van der Waals surface area contributed by atoms with Crippen LogP contribution in [0.4, 0.5) is 0 Å². The summed E-state index contributed by atoms with van der Waals surface area (Å²) < 4.78 is 17.4. The third kappa shape index (κ3) is 50.0. The molecule has 0 aromatic heterocycles. The average Bonchev–Trinajstić information content (AvgIpc) is 3.27. The fourth-order valence-corrected chi connectivity index (χ4v) is 7.30. The third-order valence-electron chi connectivity index (χ3n) is 11.2. The maximum atomic E-state index is 12.8. The van der Waals surface area contributed by atoms with E-state index in [1.807, 2.05) is 0 Å². The highest BCUT2D eigenvalue weighted by Gasteiger charge is 2.17. The Bertz CT molecular complexity index is 1110. The molecule has 0 bridgehead atoms. The van der Waals surface area contributed by atoms with Gasteiger partial charge in [0.2, 0.25) is 0 Å². The molecule has 1 unspecified atom stereocenters. The fraction of sp³-hybridized carbons (Fsp3) is 0.754. The van der Waals surface area contributed by atoms with Gasteiger partial charge in [-0.1, -0.05) is 222 Å². The monoisotopic (exact) mass is 865 g/mol. The van der Waals surface area contributed by atoms with Gasteiger partial charge < -0.3 is 14.2 Å². The van der Waals surface area contributed by atoms with Crippen LogP contribution in [0.15, 0.2) is 72.9 Å². The lowest BCUT2D eigenvalue weighted by atomic mass is 10.0. The highest BCUT2D eigenvalue weighted by Crippen LogP contribution is 2.15. The van der Waals surface area contributed by atoms with Crippen molar-refractivity contribution in [1.29, 1.82) is 0 Å². The van der Waals surface area contributed by atoms with E-state index in [0.717, 1.165) is 77.0 Å². The molecule has 62 heavy (non-hydrogen) atoms. The summed E-state index contributed by atoms with van der Waals surface area (Å²) in [5, 5.41) is 0. The first-order chi connectivity index (χ1) is 30.6. The predicted molar refractivity (Wildman–Crippen MR) is 270 cm³/mol. The van der Waals surface area contributed by atoms with Crippen LogP contribution in [0.25, 0.3) is 0 Å². The van der Waals surface area contributed by atoms with E-state index in [2.05, 4.69) is 93.7 Å². The Morgan fingerprint density at radius 3 is 1.23 bits per heavy atom. The Morgan fingerprint density at radius 2 is 0.726 bits per heavy atom. The molecular formula is C57H100O5. The van der Waals surface area contributed by atoms with Crippen LogP contribution < -0.4 is 0 Å². The minimum atomic E-state index is -0.559. The second kappa shape index (κ2) is 52.7. The minimum Gasteiger partial charge on any atom is -0.462 e. The van der Waals surface area contributed by atoms with Crippen molar-refractivity contribution in [2.75, 3.05) is 19.8 Å². The van der Waals surface area contributed by atoms with Gasteiger partial charge in [0.05, 0.1) is 6.61 Å². The van der Waals surface area contributed by atoms with Gasteiger partial charge in [0.25, 0.3) is 0 Å². The first-order valence-electron chi connectivity index (χ1n) is 26.5. The topological polar surface area (TPSA) is 61.8 Å². The smallest absolute Gasteiger partial charge is 0.306 e. The van der Waals surface area contributed by atoms with Crippen molar-refractivity contribution in [2.24, 2.45) is 0 Å². The number of carbonyl (C=O) groups is 2. The number of allylic oxidation sites excluding steroid dienone is 12. The Morgan fingerprint density at radius 1 is 0.371 bits per heavy atom. The summed E-state index contributed by atoms with van der Waals surface area (Å²) in [4.78, 5) is 25.4. The van der Waals surface area contributed by atoms with Gasteiger partial charge in [-0.3, -0.25) is 9.59 Å². The largest absolute Gasteiger partial charge is 0.462 e. The zero-order chi connectivity index (χ0) is 44.9. The summed E-state index contributed by atoms with van der Waals surface area (Å²) in [7, 11) is 0. The van der Waals surface area contributed by atoms with Crippen LogP contribution in [0, 0.1) is 0 Å². The van der Waals surface area contributed by atoms with Crippen LogP contribution in [-0.2, 0) is 23.8 Å². The van der Waals surface area contributed by atoms with Crippen LogP contribution >= 0.6 is 0 Å². The summed E-state index contributed by atoms with van der Waals surface area (Å²) in [5.74, 6) is -0.445. The van der Waals surface area contributed by atoms with Gasteiger partial charge in [0.1, 0.15) is 6.61 Å². The van der Waals surface area contributed by atoms with E-state index in [0.29, 0.717) is 19.4 Å². The molecule has 0 saturated heterocycles. The number of hydrogen-bond acceptors (Lipinski definition) is 5. The first-order valence-corrected chi connectivity index (χ1v) is 26.5. The molecule has 0 aliphatic heterocycles. The third-order valence-corrected chi connectivity index (χ3v) is 11.2. The summed E-state index contributed by atoms with van der Waals surface area (Å²) in [6, 6.07) is 0. The Labute approximate surface area is 385 Å². The average molecular weight is 865 g/mol. The molecule has 0 aliphatic rings. The molecule has 0 aromatic rings. The lowest BCUT2D eigenvalue weighted by Gasteiger charge is -2.18. The normalized spacial score (nSPS) is 12.8.